The van der Waals surface area contributed by atoms with E-state index in [-0.39, 0.29) is 11.8 Å². The number of rotatable bonds is 5. The van der Waals surface area contributed by atoms with E-state index in [0.29, 0.717) is 32.2 Å². The van der Waals surface area contributed by atoms with Crippen molar-refractivity contribution in [1.82, 2.24) is 15.3 Å². The summed E-state index contributed by atoms with van der Waals surface area (Å²) in [6, 6.07) is 9.96. The van der Waals surface area contributed by atoms with Gasteiger partial charge >= 0.3 is 0 Å². The summed E-state index contributed by atoms with van der Waals surface area (Å²) in [5.74, 6) is 0.00821. The molecule has 0 bridgehead atoms. The van der Waals surface area contributed by atoms with E-state index >= 15 is 0 Å². The van der Waals surface area contributed by atoms with Gasteiger partial charge in [-0.25, -0.2) is 5.43 Å². The fourth-order valence-electron chi connectivity index (χ4n) is 2.72. The molecule has 2 amide bonds. The van der Waals surface area contributed by atoms with Crippen LogP contribution in [0.1, 0.15) is 31.2 Å². The largest absolute Gasteiger partial charge is 0.341 e. The third kappa shape index (κ3) is 3.95. The molecule has 2 heterocycles. The molecule has 0 atom stereocenters. The topological polar surface area (TPSA) is 74.7 Å². The maximum absolute atomic E-state index is 12.3. The molecule has 0 saturated carbocycles. The first-order valence-electron chi connectivity index (χ1n) is 8.04. The van der Waals surface area contributed by atoms with Crippen LogP contribution >= 0.6 is 0 Å². The predicted molar refractivity (Wildman–Crippen MR) is 92.3 cm³/mol. The molecule has 1 aliphatic rings. The minimum Gasteiger partial charge on any atom is -0.341 e. The van der Waals surface area contributed by atoms with Crippen molar-refractivity contribution in [3.8, 4) is 0 Å². The average Bonchev–Trinajstić information content (AvgIpc) is 2.61. The Morgan fingerprint density at radius 3 is 2.96 bits per heavy atom. The first-order valence-corrected chi connectivity index (χ1v) is 8.04. The first kappa shape index (κ1) is 16.1. The fraction of sp³-hybridized carbons (Fsp3) is 0.333. The number of carbonyl (C=O) groups is 2. The van der Waals surface area contributed by atoms with Gasteiger partial charge in [0, 0.05) is 43.7 Å². The number of carbonyl (C=O) groups excluding carboxylic acids is 2. The molecule has 124 valence electrons. The Kier molecular flexibility index (Phi) is 4.84. The second kappa shape index (κ2) is 7.21. The summed E-state index contributed by atoms with van der Waals surface area (Å²) in [5.41, 5.74) is 5.37. The number of hydrazone groups is 1. The lowest BCUT2D eigenvalue weighted by Gasteiger charge is -2.18. The smallest absolute Gasteiger partial charge is 0.240 e. The summed E-state index contributed by atoms with van der Waals surface area (Å²) in [7, 11) is 1.81. The third-order valence-electron chi connectivity index (χ3n) is 4.12. The quantitative estimate of drug-likeness (QED) is 0.916. The lowest BCUT2D eigenvalue weighted by atomic mass is 10.1. The summed E-state index contributed by atoms with van der Waals surface area (Å²) in [4.78, 5) is 29.4. The maximum atomic E-state index is 12.3. The average molecular weight is 324 g/mol. The molecule has 0 aliphatic carbocycles. The summed E-state index contributed by atoms with van der Waals surface area (Å²) in [5, 5.41) is 5.07. The van der Waals surface area contributed by atoms with Gasteiger partial charge in [0.2, 0.25) is 11.8 Å². The summed E-state index contributed by atoms with van der Waals surface area (Å²) in [6.07, 6.45) is 3.86. The lowest BCUT2D eigenvalue weighted by molar-refractivity contribution is -0.130. The Labute approximate surface area is 140 Å². The molecular formula is C18H20N4O2. The molecule has 1 N–H and O–H groups in total. The van der Waals surface area contributed by atoms with E-state index in [1.807, 2.05) is 24.3 Å². The highest BCUT2D eigenvalue weighted by Gasteiger charge is 2.15. The van der Waals surface area contributed by atoms with E-state index in [2.05, 4.69) is 21.6 Å². The highest BCUT2D eigenvalue weighted by Crippen LogP contribution is 2.15. The highest BCUT2D eigenvalue weighted by molar-refractivity contribution is 5.94. The zero-order valence-corrected chi connectivity index (χ0v) is 13.7. The molecule has 2 aromatic rings. The van der Waals surface area contributed by atoms with Crippen LogP contribution in [0, 0.1) is 0 Å². The second-order valence-corrected chi connectivity index (χ2v) is 5.99. The third-order valence-corrected chi connectivity index (χ3v) is 4.12. The maximum Gasteiger partial charge on any atom is 0.240 e. The molecule has 1 aliphatic heterocycles. The van der Waals surface area contributed by atoms with Crippen molar-refractivity contribution in [1.29, 1.82) is 0 Å². The van der Waals surface area contributed by atoms with Crippen molar-refractivity contribution in [2.75, 3.05) is 7.05 Å². The highest BCUT2D eigenvalue weighted by atomic mass is 16.2. The molecule has 3 rings (SSSR count). The molecule has 6 heteroatoms. The Bertz CT molecular complexity index is 800. The fourth-order valence-corrected chi connectivity index (χ4v) is 2.72. The standard InChI is InChI=1S/C18H20N4O2/c1-22(18(24)9-6-15-5-8-17(23)21-20-15)12-13-4-7-16-14(11-13)3-2-10-19-16/h2-4,7,10-11H,5-6,8-9,12H2,1H3,(H,21,23). The van der Waals surface area contributed by atoms with Gasteiger partial charge in [0.1, 0.15) is 0 Å². The number of pyridine rings is 1. The summed E-state index contributed by atoms with van der Waals surface area (Å²) >= 11 is 0. The van der Waals surface area contributed by atoms with Crippen LogP contribution in [0.3, 0.4) is 0 Å². The van der Waals surface area contributed by atoms with Gasteiger partial charge in [0.25, 0.3) is 0 Å². The molecular weight excluding hydrogens is 304 g/mol. The number of nitrogens with one attached hydrogen (secondary N) is 1. The second-order valence-electron chi connectivity index (χ2n) is 5.99. The van der Waals surface area contributed by atoms with Crippen LogP contribution in [-0.2, 0) is 16.1 Å². The van der Waals surface area contributed by atoms with Crippen molar-refractivity contribution in [2.45, 2.75) is 32.2 Å². The Hall–Kier alpha value is -2.76. The number of benzene rings is 1. The molecule has 1 aromatic carbocycles. The summed E-state index contributed by atoms with van der Waals surface area (Å²) in [6.45, 7) is 0.562. The van der Waals surface area contributed by atoms with Crippen molar-refractivity contribution < 1.29 is 9.59 Å². The van der Waals surface area contributed by atoms with Crippen molar-refractivity contribution in [3.05, 3.63) is 42.1 Å². The zero-order chi connectivity index (χ0) is 16.9. The Morgan fingerprint density at radius 1 is 1.29 bits per heavy atom. The zero-order valence-electron chi connectivity index (χ0n) is 13.7. The van der Waals surface area contributed by atoms with Crippen molar-refractivity contribution in [2.24, 2.45) is 5.10 Å². The molecule has 0 fully saturated rings. The van der Waals surface area contributed by atoms with Gasteiger partial charge in [-0.1, -0.05) is 12.1 Å². The van der Waals surface area contributed by atoms with Crippen LogP contribution in [0.4, 0.5) is 0 Å². The minimum atomic E-state index is -0.0620. The van der Waals surface area contributed by atoms with Crippen LogP contribution in [-0.4, -0.2) is 34.5 Å². The predicted octanol–water partition coefficient (Wildman–Crippen LogP) is 2.24. The number of fused-ring (bicyclic) bond motifs is 1. The SMILES string of the molecule is CN(Cc1ccc2ncccc2c1)C(=O)CCC1=NNC(=O)CC1. The number of hydrogen-bond acceptors (Lipinski definition) is 4. The molecule has 0 saturated heterocycles. The minimum absolute atomic E-state index is 0.0620. The van der Waals surface area contributed by atoms with Gasteiger partial charge < -0.3 is 4.90 Å². The van der Waals surface area contributed by atoms with Gasteiger partial charge in [-0.05, 0) is 36.6 Å². The summed E-state index contributed by atoms with van der Waals surface area (Å²) < 4.78 is 0. The van der Waals surface area contributed by atoms with Crippen LogP contribution in [0.15, 0.2) is 41.6 Å². The molecule has 1 aromatic heterocycles. The molecule has 0 unspecified atom stereocenters. The van der Waals surface area contributed by atoms with E-state index in [0.717, 1.165) is 22.2 Å². The molecule has 0 spiro atoms. The van der Waals surface area contributed by atoms with Gasteiger partial charge in [-0.3, -0.25) is 14.6 Å². The number of nitrogens with zero attached hydrogens (tertiary/aromatic N) is 3. The number of aromatic nitrogens is 1. The Morgan fingerprint density at radius 2 is 2.17 bits per heavy atom. The number of hydrogen-bond donors (Lipinski definition) is 1. The Balaban J connectivity index is 1.56. The molecule has 24 heavy (non-hydrogen) atoms. The van der Waals surface area contributed by atoms with Crippen LogP contribution in [0.5, 0.6) is 0 Å². The van der Waals surface area contributed by atoms with E-state index in [1.54, 1.807) is 18.1 Å². The first-order chi connectivity index (χ1) is 11.6. The van der Waals surface area contributed by atoms with E-state index in [1.165, 1.54) is 0 Å². The lowest BCUT2D eigenvalue weighted by Crippen LogP contribution is -2.28. The van der Waals surface area contributed by atoms with E-state index in [9.17, 15) is 9.59 Å². The normalized spacial score (nSPS) is 14.2. The van der Waals surface area contributed by atoms with Gasteiger partial charge in [-0.2, -0.15) is 5.10 Å². The van der Waals surface area contributed by atoms with Crippen LogP contribution in [0.2, 0.25) is 0 Å². The van der Waals surface area contributed by atoms with Crippen LogP contribution < -0.4 is 5.43 Å². The van der Waals surface area contributed by atoms with Crippen molar-refractivity contribution >= 4 is 28.4 Å². The van der Waals surface area contributed by atoms with Gasteiger partial charge in [0.15, 0.2) is 0 Å². The molecule has 6 nitrogen and oxygen atoms in total. The number of amides is 2. The van der Waals surface area contributed by atoms with E-state index < -0.39 is 0 Å². The van der Waals surface area contributed by atoms with Gasteiger partial charge in [0.05, 0.1) is 5.52 Å². The van der Waals surface area contributed by atoms with Crippen molar-refractivity contribution in [3.63, 3.8) is 0 Å². The molecule has 0 radical (unpaired) electrons. The van der Waals surface area contributed by atoms with Gasteiger partial charge in [-0.15, -0.1) is 0 Å². The monoisotopic (exact) mass is 324 g/mol. The van der Waals surface area contributed by atoms with Crippen LogP contribution in [0.25, 0.3) is 10.9 Å². The van der Waals surface area contributed by atoms with E-state index in [4.69, 9.17) is 0 Å².